The lowest BCUT2D eigenvalue weighted by atomic mass is 9.93. The van der Waals surface area contributed by atoms with Crippen molar-refractivity contribution < 1.29 is 4.74 Å². The molecule has 6 heteroatoms. The molecule has 0 bridgehead atoms. The van der Waals surface area contributed by atoms with Crippen LogP contribution in [-0.4, -0.2) is 63.3 Å². The Hall–Kier alpha value is -0.0800. The van der Waals surface area contributed by atoms with Gasteiger partial charge in [-0.3, -0.25) is 4.99 Å². The summed E-state index contributed by atoms with van der Waals surface area (Å²) in [6, 6.07) is 0. The van der Waals surface area contributed by atoms with Gasteiger partial charge in [0.2, 0.25) is 0 Å². The largest absolute Gasteiger partial charge is 0.373 e. The van der Waals surface area contributed by atoms with Gasteiger partial charge < -0.3 is 20.3 Å². The first kappa shape index (κ1) is 21.9. The summed E-state index contributed by atoms with van der Waals surface area (Å²) in [5, 5.41) is 6.75. The minimum Gasteiger partial charge on any atom is -0.373 e. The first-order valence-electron chi connectivity index (χ1n) is 8.07. The van der Waals surface area contributed by atoms with Crippen LogP contribution in [-0.2, 0) is 4.74 Å². The Morgan fingerprint density at radius 2 is 2.00 bits per heavy atom. The van der Waals surface area contributed by atoms with Crippen LogP contribution >= 0.6 is 24.0 Å². The van der Waals surface area contributed by atoms with Gasteiger partial charge in [0.1, 0.15) is 0 Å². The van der Waals surface area contributed by atoms with Crippen molar-refractivity contribution in [3.8, 4) is 0 Å². The molecule has 1 rings (SSSR count). The number of halogens is 1. The SMILES string of the molecule is CCNC(=NCC(C)(C)CN(C)C)NCC1(C)CCCO1.I. The first-order chi connectivity index (χ1) is 9.76. The number of hydrogen-bond acceptors (Lipinski definition) is 3. The van der Waals surface area contributed by atoms with Crippen LogP contribution in [0.25, 0.3) is 0 Å². The van der Waals surface area contributed by atoms with Crippen molar-refractivity contribution in [3.63, 3.8) is 0 Å². The van der Waals surface area contributed by atoms with E-state index in [1.165, 1.54) is 0 Å². The average molecular weight is 426 g/mol. The summed E-state index contributed by atoms with van der Waals surface area (Å²) in [6.45, 7) is 13.2. The molecule has 1 aliphatic heterocycles. The molecule has 0 radical (unpaired) electrons. The van der Waals surface area contributed by atoms with Gasteiger partial charge in [-0.25, -0.2) is 0 Å². The summed E-state index contributed by atoms with van der Waals surface area (Å²) in [5.74, 6) is 0.890. The molecule has 1 fully saturated rings. The maximum Gasteiger partial charge on any atom is 0.191 e. The van der Waals surface area contributed by atoms with E-state index in [2.05, 4.69) is 57.3 Å². The van der Waals surface area contributed by atoms with Crippen LogP contribution in [0.15, 0.2) is 4.99 Å². The summed E-state index contributed by atoms with van der Waals surface area (Å²) in [7, 11) is 4.21. The first-order valence-corrected chi connectivity index (χ1v) is 8.07. The number of guanidine groups is 1. The lowest BCUT2D eigenvalue weighted by Crippen LogP contribution is -2.46. The highest BCUT2D eigenvalue weighted by molar-refractivity contribution is 14.0. The van der Waals surface area contributed by atoms with E-state index in [0.717, 1.165) is 51.6 Å². The average Bonchev–Trinajstić information content (AvgIpc) is 2.79. The zero-order valence-electron chi connectivity index (χ0n) is 15.2. The van der Waals surface area contributed by atoms with E-state index >= 15 is 0 Å². The van der Waals surface area contributed by atoms with Gasteiger partial charge in [-0.05, 0) is 46.2 Å². The van der Waals surface area contributed by atoms with E-state index in [0.29, 0.717) is 0 Å². The van der Waals surface area contributed by atoms with Gasteiger partial charge in [0, 0.05) is 32.8 Å². The zero-order chi connectivity index (χ0) is 15.9. The van der Waals surface area contributed by atoms with Crippen molar-refractivity contribution in [1.29, 1.82) is 0 Å². The molecule has 132 valence electrons. The molecule has 1 heterocycles. The molecule has 0 spiro atoms. The van der Waals surface area contributed by atoms with Crippen LogP contribution in [0.1, 0.15) is 40.5 Å². The van der Waals surface area contributed by atoms with E-state index < -0.39 is 0 Å². The molecule has 0 aromatic heterocycles. The van der Waals surface area contributed by atoms with Crippen molar-refractivity contribution >= 4 is 29.9 Å². The molecule has 1 aliphatic rings. The Bertz CT molecular complexity index is 339. The Balaban J connectivity index is 0.00000441. The van der Waals surface area contributed by atoms with Gasteiger partial charge in [-0.1, -0.05) is 13.8 Å². The second-order valence-corrected chi connectivity index (χ2v) is 7.35. The van der Waals surface area contributed by atoms with E-state index in [4.69, 9.17) is 9.73 Å². The minimum atomic E-state index is -0.0463. The summed E-state index contributed by atoms with van der Waals surface area (Å²) in [5.41, 5.74) is 0.120. The van der Waals surface area contributed by atoms with Gasteiger partial charge in [0.15, 0.2) is 5.96 Å². The minimum absolute atomic E-state index is 0. The quantitative estimate of drug-likeness (QED) is 0.373. The Morgan fingerprint density at radius 1 is 1.32 bits per heavy atom. The van der Waals surface area contributed by atoms with Crippen LogP contribution in [0.3, 0.4) is 0 Å². The van der Waals surface area contributed by atoms with E-state index in [1.54, 1.807) is 0 Å². The number of nitrogens with zero attached hydrogens (tertiary/aromatic N) is 2. The van der Waals surface area contributed by atoms with Crippen LogP contribution in [0.2, 0.25) is 0 Å². The molecule has 0 saturated carbocycles. The lowest BCUT2D eigenvalue weighted by Gasteiger charge is -2.28. The molecular formula is C16H35IN4O. The van der Waals surface area contributed by atoms with Crippen molar-refractivity contribution in [2.45, 2.75) is 46.1 Å². The van der Waals surface area contributed by atoms with Crippen LogP contribution in [0.5, 0.6) is 0 Å². The van der Waals surface area contributed by atoms with E-state index in [-0.39, 0.29) is 35.0 Å². The van der Waals surface area contributed by atoms with Crippen molar-refractivity contribution in [2.75, 3.05) is 46.9 Å². The molecule has 1 unspecified atom stereocenters. The molecule has 0 amide bonds. The zero-order valence-corrected chi connectivity index (χ0v) is 17.5. The number of hydrogen-bond donors (Lipinski definition) is 2. The van der Waals surface area contributed by atoms with Crippen molar-refractivity contribution in [3.05, 3.63) is 0 Å². The lowest BCUT2D eigenvalue weighted by molar-refractivity contribution is 0.0242. The number of nitrogens with one attached hydrogen (secondary N) is 2. The maximum absolute atomic E-state index is 5.82. The molecule has 0 aliphatic carbocycles. The Kier molecular flexibility index (Phi) is 9.89. The summed E-state index contributed by atoms with van der Waals surface area (Å²) >= 11 is 0. The molecule has 0 aromatic carbocycles. The molecule has 5 nitrogen and oxygen atoms in total. The summed E-state index contributed by atoms with van der Waals surface area (Å²) < 4.78 is 5.82. The van der Waals surface area contributed by atoms with Crippen LogP contribution in [0.4, 0.5) is 0 Å². The van der Waals surface area contributed by atoms with Gasteiger partial charge >= 0.3 is 0 Å². The third-order valence-electron chi connectivity index (χ3n) is 3.68. The fraction of sp³-hybridized carbons (Fsp3) is 0.938. The fourth-order valence-corrected chi connectivity index (χ4v) is 2.79. The fourth-order valence-electron chi connectivity index (χ4n) is 2.79. The third kappa shape index (κ3) is 8.53. The highest BCUT2D eigenvalue weighted by atomic mass is 127. The topological polar surface area (TPSA) is 48.9 Å². The van der Waals surface area contributed by atoms with E-state index in [1.807, 2.05) is 0 Å². The van der Waals surface area contributed by atoms with Gasteiger partial charge in [0.05, 0.1) is 5.60 Å². The van der Waals surface area contributed by atoms with Gasteiger partial charge in [0.25, 0.3) is 0 Å². The standard InChI is InChI=1S/C16H34N4O.HI/c1-7-17-14(18-11-15(2,3)13-20(5)6)19-12-16(4)9-8-10-21-16;/h7-13H2,1-6H3,(H2,17,18,19);1H. The number of aliphatic imine (C=N–C) groups is 1. The summed E-state index contributed by atoms with van der Waals surface area (Å²) in [6.07, 6.45) is 2.27. The summed E-state index contributed by atoms with van der Waals surface area (Å²) in [4.78, 5) is 6.95. The van der Waals surface area contributed by atoms with Gasteiger partial charge in [-0.15, -0.1) is 24.0 Å². The van der Waals surface area contributed by atoms with Crippen molar-refractivity contribution in [1.82, 2.24) is 15.5 Å². The maximum atomic E-state index is 5.82. The van der Waals surface area contributed by atoms with Crippen LogP contribution < -0.4 is 10.6 Å². The molecule has 2 N–H and O–H groups in total. The molecule has 1 atom stereocenters. The molecular weight excluding hydrogens is 391 g/mol. The van der Waals surface area contributed by atoms with Crippen molar-refractivity contribution in [2.24, 2.45) is 10.4 Å². The third-order valence-corrected chi connectivity index (χ3v) is 3.68. The molecule has 0 aromatic rings. The predicted octanol–water partition coefficient (Wildman–Crippen LogP) is 2.32. The second kappa shape index (κ2) is 9.93. The number of ether oxygens (including phenoxy) is 1. The predicted molar refractivity (Wildman–Crippen MR) is 105 cm³/mol. The second-order valence-electron chi connectivity index (χ2n) is 7.35. The van der Waals surface area contributed by atoms with Crippen LogP contribution in [0, 0.1) is 5.41 Å². The Morgan fingerprint density at radius 3 is 2.50 bits per heavy atom. The van der Waals surface area contributed by atoms with E-state index in [9.17, 15) is 0 Å². The normalized spacial score (nSPS) is 22.6. The highest BCUT2D eigenvalue weighted by Crippen LogP contribution is 2.23. The molecule has 22 heavy (non-hydrogen) atoms. The van der Waals surface area contributed by atoms with Gasteiger partial charge in [-0.2, -0.15) is 0 Å². The number of rotatable bonds is 7. The molecule has 1 saturated heterocycles. The Labute approximate surface area is 153 Å². The monoisotopic (exact) mass is 426 g/mol. The highest BCUT2D eigenvalue weighted by Gasteiger charge is 2.29. The smallest absolute Gasteiger partial charge is 0.191 e.